The van der Waals surface area contributed by atoms with Gasteiger partial charge in [0.2, 0.25) is 6.33 Å². The summed E-state index contributed by atoms with van der Waals surface area (Å²) < 4.78 is 34.7. The fourth-order valence-electron chi connectivity index (χ4n) is 2.84. The van der Waals surface area contributed by atoms with Crippen LogP contribution in [0.4, 0.5) is 0 Å². The summed E-state index contributed by atoms with van der Waals surface area (Å²) in [5.74, 6) is -0.0594. The van der Waals surface area contributed by atoms with E-state index in [0.717, 1.165) is 18.4 Å². The Hall–Kier alpha value is -1.40. The van der Waals surface area contributed by atoms with E-state index in [2.05, 4.69) is 30.9 Å². The normalized spacial score (nSPS) is 16.1. The van der Waals surface area contributed by atoms with Gasteiger partial charge < -0.3 is 0 Å². The number of hydrogen-bond acceptors (Lipinski definition) is 2. The van der Waals surface area contributed by atoms with Crippen LogP contribution < -0.4 is 4.57 Å². The Morgan fingerprint density at radius 3 is 2.45 bits per heavy atom. The van der Waals surface area contributed by atoms with Gasteiger partial charge in [0.15, 0.2) is 0 Å². The van der Waals surface area contributed by atoms with Gasteiger partial charge in [0.1, 0.15) is 18.4 Å². The zero-order valence-corrected chi connectivity index (χ0v) is 14.6. The topological polar surface area (TPSA) is 63.2 Å². The highest BCUT2D eigenvalue weighted by Gasteiger charge is 2.26. The molecular formula is C16H27N2O3S+. The van der Waals surface area contributed by atoms with Crippen molar-refractivity contribution in [3.63, 3.8) is 0 Å². The third-order valence-electron chi connectivity index (χ3n) is 3.87. The molecule has 0 aliphatic rings. The van der Waals surface area contributed by atoms with Crippen molar-refractivity contribution < 1.29 is 17.5 Å². The summed E-state index contributed by atoms with van der Waals surface area (Å²) in [6.45, 7) is 6.25. The molecule has 0 radical (unpaired) electrons. The maximum atomic E-state index is 10.8. The monoisotopic (exact) mass is 327 g/mol. The van der Waals surface area contributed by atoms with Crippen LogP contribution in [0.1, 0.15) is 39.7 Å². The van der Waals surface area contributed by atoms with E-state index in [9.17, 15) is 8.42 Å². The Morgan fingerprint density at radius 1 is 1.36 bits per heavy atom. The fourth-order valence-corrected chi connectivity index (χ4v) is 3.18. The SMILES string of the molecule is C/C=C(\C=C/CS(=O)(=O)O)C(CC)C(CC)[n+]1ccn(C)c1. The minimum atomic E-state index is -3.96. The molecule has 0 spiro atoms. The summed E-state index contributed by atoms with van der Waals surface area (Å²) in [5, 5.41) is 0. The third kappa shape index (κ3) is 5.42. The molecule has 1 rings (SSSR count). The number of nitrogens with zero attached hydrogens (tertiary/aromatic N) is 2. The van der Waals surface area contributed by atoms with E-state index in [-0.39, 0.29) is 5.75 Å². The first-order valence-electron chi connectivity index (χ1n) is 7.63. The molecule has 0 aliphatic heterocycles. The van der Waals surface area contributed by atoms with E-state index in [4.69, 9.17) is 4.55 Å². The molecule has 124 valence electrons. The van der Waals surface area contributed by atoms with Gasteiger partial charge in [-0.25, -0.2) is 9.13 Å². The van der Waals surface area contributed by atoms with Crippen molar-refractivity contribution in [1.82, 2.24) is 4.57 Å². The number of aromatic nitrogens is 2. The predicted octanol–water partition coefficient (Wildman–Crippen LogP) is 2.68. The lowest BCUT2D eigenvalue weighted by Crippen LogP contribution is -2.42. The van der Waals surface area contributed by atoms with Gasteiger partial charge in [-0.15, -0.1) is 0 Å². The molecular weight excluding hydrogens is 300 g/mol. The van der Waals surface area contributed by atoms with Crippen molar-refractivity contribution in [3.8, 4) is 0 Å². The lowest BCUT2D eigenvalue weighted by molar-refractivity contribution is -0.728. The minimum absolute atomic E-state index is 0.292. The van der Waals surface area contributed by atoms with Gasteiger partial charge >= 0.3 is 0 Å². The Kier molecular flexibility index (Phi) is 7.03. The second kappa shape index (κ2) is 8.29. The summed E-state index contributed by atoms with van der Waals surface area (Å²) in [5.41, 5.74) is 1.09. The Morgan fingerprint density at radius 2 is 2.05 bits per heavy atom. The zero-order chi connectivity index (χ0) is 16.8. The molecule has 0 amide bonds. The van der Waals surface area contributed by atoms with Gasteiger partial charge in [0, 0.05) is 5.92 Å². The van der Waals surface area contributed by atoms with Crippen LogP contribution in [0.5, 0.6) is 0 Å². The van der Waals surface area contributed by atoms with Crippen LogP contribution in [0, 0.1) is 5.92 Å². The molecule has 0 aliphatic carbocycles. The van der Waals surface area contributed by atoms with Gasteiger partial charge in [-0.2, -0.15) is 8.42 Å². The molecule has 0 fully saturated rings. The fraction of sp³-hybridized carbons (Fsp3) is 0.562. The van der Waals surface area contributed by atoms with Gasteiger partial charge in [-0.1, -0.05) is 32.1 Å². The molecule has 2 atom stereocenters. The first kappa shape index (κ1) is 18.6. The van der Waals surface area contributed by atoms with Gasteiger partial charge in [-0.3, -0.25) is 4.55 Å². The van der Waals surface area contributed by atoms with E-state index in [1.807, 2.05) is 36.9 Å². The van der Waals surface area contributed by atoms with Crippen molar-refractivity contribution in [2.75, 3.05) is 5.75 Å². The molecule has 1 N–H and O–H groups in total. The van der Waals surface area contributed by atoms with Gasteiger partial charge in [-0.05, 0) is 25.3 Å². The van der Waals surface area contributed by atoms with Crippen molar-refractivity contribution >= 4 is 10.1 Å². The predicted molar refractivity (Wildman–Crippen MR) is 88.0 cm³/mol. The molecule has 6 heteroatoms. The Labute approximate surface area is 133 Å². The summed E-state index contributed by atoms with van der Waals surface area (Å²) in [7, 11) is -1.96. The number of allylic oxidation sites excluding steroid dienone is 3. The molecule has 0 saturated carbocycles. The molecule has 1 aromatic rings. The van der Waals surface area contributed by atoms with Crippen LogP contribution in [0.15, 0.2) is 42.5 Å². The lowest BCUT2D eigenvalue weighted by atomic mass is 9.86. The quantitative estimate of drug-likeness (QED) is 0.453. The standard InChI is InChI=1S/C16H26N2O3S/c1-5-14(9-8-12-22(19,20)21)15(6-2)16(7-3)18-11-10-17(4)13-18/h5,8-11,13,15-16H,6-7,12H2,1-4H3/p+1/b9-8-,14-5+. The first-order chi connectivity index (χ1) is 10.3. The molecule has 22 heavy (non-hydrogen) atoms. The summed E-state index contributed by atoms with van der Waals surface area (Å²) >= 11 is 0. The third-order valence-corrected chi connectivity index (χ3v) is 4.49. The summed E-state index contributed by atoms with van der Waals surface area (Å²) in [6.07, 6.45) is 13.4. The highest BCUT2D eigenvalue weighted by Crippen LogP contribution is 2.28. The zero-order valence-electron chi connectivity index (χ0n) is 13.8. The highest BCUT2D eigenvalue weighted by atomic mass is 32.2. The summed E-state index contributed by atoms with van der Waals surface area (Å²) in [6, 6.07) is 0.313. The number of imidazole rings is 1. The summed E-state index contributed by atoms with van der Waals surface area (Å²) in [4.78, 5) is 0. The van der Waals surface area contributed by atoms with Crippen LogP contribution in [-0.2, 0) is 17.2 Å². The molecule has 5 nitrogen and oxygen atoms in total. The number of aryl methyl sites for hydroxylation is 1. The number of rotatable bonds is 8. The van der Waals surface area contributed by atoms with Crippen molar-refractivity contribution in [2.45, 2.75) is 39.7 Å². The maximum absolute atomic E-state index is 10.8. The van der Waals surface area contributed by atoms with Gasteiger partial charge in [0.05, 0.1) is 12.8 Å². The highest BCUT2D eigenvalue weighted by molar-refractivity contribution is 7.85. The average molecular weight is 327 g/mol. The Balaban J connectivity index is 2.99. The largest absolute Gasteiger partial charge is 0.285 e. The van der Waals surface area contributed by atoms with Crippen molar-refractivity contribution in [3.05, 3.63) is 42.5 Å². The van der Waals surface area contributed by atoms with E-state index in [1.165, 1.54) is 6.08 Å². The van der Waals surface area contributed by atoms with Crippen LogP contribution in [0.3, 0.4) is 0 Å². The van der Waals surface area contributed by atoms with Crippen molar-refractivity contribution in [2.24, 2.45) is 13.0 Å². The van der Waals surface area contributed by atoms with Crippen molar-refractivity contribution in [1.29, 1.82) is 0 Å². The van der Waals surface area contributed by atoms with E-state index >= 15 is 0 Å². The van der Waals surface area contributed by atoms with E-state index in [1.54, 1.807) is 0 Å². The van der Waals surface area contributed by atoms with Crippen LogP contribution in [-0.4, -0.2) is 23.3 Å². The molecule has 1 heterocycles. The second-order valence-electron chi connectivity index (χ2n) is 5.46. The molecule has 2 unspecified atom stereocenters. The molecule has 1 aromatic heterocycles. The van der Waals surface area contributed by atoms with Gasteiger partial charge in [0.25, 0.3) is 10.1 Å². The molecule has 0 saturated heterocycles. The lowest BCUT2D eigenvalue weighted by Gasteiger charge is -2.24. The van der Waals surface area contributed by atoms with E-state index < -0.39 is 10.1 Å². The van der Waals surface area contributed by atoms with E-state index in [0.29, 0.717) is 12.0 Å². The minimum Gasteiger partial charge on any atom is -0.285 e. The Bertz CT molecular complexity index is 630. The van der Waals surface area contributed by atoms with Crippen LogP contribution >= 0.6 is 0 Å². The second-order valence-corrected chi connectivity index (χ2v) is 6.95. The van der Waals surface area contributed by atoms with Crippen LogP contribution in [0.2, 0.25) is 0 Å². The molecule has 0 bridgehead atoms. The maximum Gasteiger partial charge on any atom is 0.268 e. The number of hydrogen-bond donors (Lipinski definition) is 1. The first-order valence-corrected chi connectivity index (χ1v) is 9.23. The average Bonchev–Trinajstić information content (AvgIpc) is 2.86. The molecule has 0 aromatic carbocycles. The smallest absolute Gasteiger partial charge is 0.268 e. The van der Waals surface area contributed by atoms with Crippen LogP contribution in [0.25, 0.3) is 0 Å².